The van der Waals surface area contributed by atoms with Crippen LogP contribution in [0.4, 0.5) is 4.39 Å². The fraction of sp³-hybridized carbons (Fsp3) is 0.333. The van der Waals surface area contributed by atoms with Crippen LogP contribution in [0.15, 0.2) is 59.1 Å². The number of hydrogen-bond acceptors (Lipinski definition) is 5. The molecule has 1 saturated heterocycles. The molecule has 0 radical (unpaired) electrons. The number of aromatic nitrogens is 1. The highest BCUT2D eigenvalue weighted by molar-refractivity contribution is 5.76. The van der Waals surface area contributed by atoms with Crippen LogP contribution in [0.3, 0.4) is 0 Å². The standard InChI is InChI=1S/C24H25FN2O4/c25-19-7-5-18(6-8-19)22-15-27-24(31-22)12-11-23(28)26-14-17-3-9-20(10-4-17)30-16-21-2-1-13-29-21/h3-10,15,21H,1-2,11-14,16H2,(H,26,28). The Morgan fingerprint density at radius 1 is 1.16 bits per heavy atom. The van der Waals surface area contributed by atoms with Gasteiger partial charge in [0.15, 0.2) is 11.7 Å². The van der Waals surface area contributed by atoms with E-state index in [4.69, 9.17) is 13.9 Å². The molecule has 0 spiro atoms. The monoisotopic (exact) mass is 424 g/mol. The number of carbonyl (C=O) groups is 1. The lowest BCUT2D eigenvalue weighted by atomic mass is 10.2. The Bertz CT molecular complexity index is 980. The van der Waals surface area contributed by atoms with Gasteiger partial charge in [-0.1, -0.05) is 12.1 Å². The minimum atomic E-state index is -0.305. The van der Waals surface area contributed by atoms with Crippen LogP contribution in [0.1, 0.15) is 30.7 Å². The van der Waals surface area contributed by atoms with Crippen LogP contribution in [-0.2, 0) is 22.5 Å². The second-order valence-corrected chi connectivity index (χ2v) is 7.49. The summed E-state index contributed by atoms with van der Waals surface area (Å²) in [5.41, 5.74) is 1.74. The van der Waals surface area contributed by atoms with Crippen molar-refractivity contribution in [3.8, 4) is 17.1 Å². The van der Waals surface area contributed by atoms with Gasteiger partial charge in [-0.05, 0) is 54.8 Å². The summed E-state index contributed by atoms with van der Waals surface area (Å²) >= 11 is 0. The average Bonchev–Trinajstić information content (AvgIpc) is 3.48. The molecule has 7 heteroatoms. The Morgan fingerprint density at radius 2 is 1.97 bits per heavy atom. The molecule has 1 N–H and O–H groups in total. The molecular formula is C24H25FN2O4. The summed E-state index contributed by atoms with van der Waals surface area (Å²) in [5, 5.41) is 2.90. The van der Waals surface area contributed by atoms with E-state index in [-0.39, 0.29) is 24.2 Å². The molecule has 4 rings (SSSR count). The Kier molecular flexibility index (Phi) is 6.94. The zero-order valence-corrected chi connectivity index (χ0v) is 17.2. The van der Waals surface area contributed by atoms with Crippen LogP contribution in [0.25, 0.3) is 11.3 Å². The second kappa shape index (κ2) is 10.2. The van der Waals surface area contributed by atoms with E-state index in [1.165, 1.54) is 12.1 Å². The smallest absolute Gasteiger partial charge is 0.220 e. The van der Waals surface area contributed by atoms with Gasteiger partial charge in [0.1, 0.15) is 18.2 Å². The number of amides is 1. The van der Waals surface area contributed by atoms with Crippen LogP contribution in [0, 0.1) is 5.82 Å². The van der Waals surface area contributed by atoms with Gasteiger partial charge in [-0.15, -0.1) is 0 Å². The van der Waals surface area contributed by atoms with Crippen LogP contribution in [0.2, 0.25) is 0 Å². The summed E-state index contributed by atoms with van der Waals surface area (Å²) in [6.45, 7) is 1.83. The van der Waals surface area contributed by atoms with Crippen LogP contribution >= 0.6 is 0 Å². The van der Waals surface area contributed by atoms with Gasteiger partial charge in [0.2, 0.25) is 5.91 Å². The molecule has 1 atom stereocenters. The molecule has 1 unspecified atom stereocenters. The number of benzene rings is 2. The maximum Gasteiger partial charge on any atom is 0.220 e. The number of aryl methyl sites for hydroxylation is 1. The van der Waals surface area contributed by atoms with Crippen molar-refractivity contribution in [2.45, 2.75) is 38.3 Å². The normalized spacial score (nSPS) is 15.7. The zero-order chi connectivity index (χ0) is 21.5. The molecule has 162 valence electrons. The molecule has 2 heterocycles. The highest BCUT2D eigenvalue weighted by Crippen LogP contribution is 2.21. The molecule has 3 aromatic rings. The zero-order valence-electron chi connectivity index (χ0n) is 17.2. The topological polar surface area (TPSA) is 73.6 Å². The largest absolute Gasteiger partial charge is 0.491 e. The number of hydrogen-bond donors (Lipinski definition) is 1. The lowest BCUT2D eigenvalue weighted by Gasteiger charge is -2.12. The Morgan fingerprint density at radius 3 is 2.71 bits per heavy atom. The van der Waals surface area contributed by atoms with Crippen molar-refractivity contribution in [3.63, 3.8) is 0 Å². The van der Waals surface area contributed by atoms with Gasteiger partial charge in [-0.2, -0.15) is 0 Å². The minimum Gasteiger partial charge on any atom is -0.491 e. The molecule has 0 bridgehead atoms. The molecule has 1 fully saturated rings. The highest BCUT2D eigenvalue weighted by atomic mass is 19.1. The minimum absolute atomic E-state index is 0.0831. The molecule has 31 heavy (non-hydrogen) atoms. The lowest BCUT2D eigenvalue weighted by molar-refractivity contribution is -0.121. The molecule has 6 nitrogen and oxygen atoms in total. The van der Waals surface area contributed by atoms with Gasteiger partial charge in [-0.3, -0.25) is 4.79 Å². The van der Waals surface area contributed by atoms with Gasteiger partial charge in [0, 0.05) is 31.6 Å². The highest BCUT2D eigenvalue weighted by Gasteiger charge is 2.16. The summed E-state index contributed by atoms with van der Waals surface area (Å²) in [7, 11) is 0. The van der Waals surface area contributed by atoms with Gasteiger partial charge >= 0.3 is 0 Å². The summed E-state index contributed by atoms with van der Waals surface area (Å²) in [6.07, 6.45) is 4.58. The third-order valence-corrected chi connectivity index (χ3v) is 5.12. The van der Waals surface area contributed by atoms with E-state index in [9.17, 15) is 9.18 Å². The van der Waals surface area contributed by atoms with E-state index < -0.39 is 0 Å². The van der Waals surface area contributed by atoms with Gasteiger partial charge in [0.25, 0.3) is 0 Å². The number of rotatable bonds is 9. The fourth-order valence-corrected chi connectivity index (χ4v) is 3.35. The van der Waals surface area contributed by atoms with Crippen molar-refractivity contribution in [2.24, 2.45) is 0 Å². The Balaban J connectivity index is 1.18. The number of oxazole rings is 1. The van der Waals surface area contributed by atoms with Crippen LogP contribution < -0.4 is 10.1 Å². The number of nitrogens with one attached hydrogen (secondary N) is 1. The maximum atomic E-state index is 13.0. The van der Waals surface area contributed by atoms with Crippen LogP contribution in [0.5, 0.6) is 5.75 Å². The molecule has 2 aromatic carbocycles. The molecule has 0 aliphatic carbocycles. The first-order valence-electron chi connectivity index (χ1n) is 10.5. The van der Waals surface area contributed by atoms with Crippen molar-refractivity contribution < 1.29 is 23.1 Å². The van der Waals surface area contributed by atoms with E-state index in [0.29, 0.717) is 31.2 Å². The Labute approximate surface area is 180 Å². The second-order valence-electron chi connectivity index (χ2n) is 7.49. The SMILES string of the molecule is O=C(CCc1ncc(-c2ccc(F)cc2)o1)NCc1ccc(OCC2CCCO2)cc1. The summed E-state index contributed by atoms with van der Waals surface area (Å²) < 4.78 is 30.0. The van der Waals surface area contributed by atoms with E-state index in [0.717, 1.165) is 36.3 Å². The van der Waals surface area contributed by atoms with Crippen molar-refractivity contribution in [1.82, 2.24) is 10.3 Å². The van der Waals surface area contributed by atoms with Crippen molar-refractivity contribution in [2.75, 3.05) is 13.2 Å². The molecular weight excluding hydrogens is 399 g/mol. The van der Waals surface area contributed by atoms with Gasteiger partial charge < -0.3 is 19.2 Å². The van der Waals surface area contributed by atoms with E-state index in [2.05, 4.69) is 10.3 Å². The first-order chi connectivity index (χ1) is 15.2. The quantitative estimate of drug-likeness (QED) is 0.555. The molecule has 1 amide bonds. The molecule has 1 aromatic heterocycles. The average molecular weight is 424 g/mol. The predicted molar refractivity (Wildman–Crippen MR) is 113 cm³/mol. The van der Waals surface area contributed by atoms with Crippen LogP contribution in [-0.4, -0.2) is 30.2 Å². The fourth-order valence-electron chi connectivity index (χ4n) is 3.35. The van der Waals surface area contributed by atoms with E-state index in [1.807, 2.05) is 24.3 Å². The van der Waals surface area contributed by atoms with E-state index in [1.54, 1.807) is 18.3 Å². The summed E-state index contributed by atoms with van der Waals surface area (Å²) in [4.78, 5) is 16.4. The third kappa shape index (κ3) is 6.15. The van der Waals surface area contributed by atoms with Crippen molar-refractivity contribution >= 4 is 5.91 Å². The first kappa shape index (κ1) is 21.1. The predicted octanol–water partition coefficient (Wildman–Crippen LogP) is 4.29. The maximum absolute atomic E-state index is 13.0. The summed E-state index contributed by atoms with van der Waals surface area (Å²) in [5.74, 6) is 1.44. The first-order valence-corrected chi connectivity index (χ1v) is 10.5. The lowest BCUT2D eigenvalue weighted by Crippen LogP contribution is -2.23. The number of carbonyl (C=O) groups excluding carboxylic acids is 1. The number of nitrogens with zero attached hydrogens (tertiary/aromatic N) is 1. The summed E-state index contributed by atoms with van der Waals surface area (Å²) in [6, 6.07) is 13.7. The number of ether oxygens (including phenoxy) is 2. The van der Waals surface area contributed by atoms with Gasteiger partial charge in [-0.25, -0.2) is 9.37 Å². The third-order valence-electron chi connectivity index (χ3n) is 5.12. The van der Waals surface area contributed by atoms with Crippen molar-refractivity contribution in [3.05, 3.63) is 72.0 Å². The number of halogens is 1. The molecule has 1 aliphatic heterocycles. The molecule has 1 aliphatic rings. The Hall–Kier alpha value is -3.19. The van der Waals surface area contributed by atoms with E-state index >= 15 is 0 Å². The van der Waals surface area contributed by atoms with Gasteiger partial charge in [0.05, 0.1) is 12.3 Å². The molecule has 0 saturated carbocycles. The van der Waals surface area contributed by atoms with Crippen molar-refractivity contribution in [1.29, 1.82) is 0 Å².